The second-order valence-electron chi connectivity index (χ2n) is 6.28. The highest BCUT2D eigenvalue weighted by Gasteiger charge is 2.16. The molecule has 3 aromatic rings. The van der Waals surface area contributed by atoms with Crippen molar-refractivity contribution in [2.45, 2.75) is 26.9 Å². The number of rotatable bonds is 8. The molecule has 7 heteroatoms. The van der Waals surface area contributed by atoms with Crippen molar-refractivity contribution >= 4 is 28.9 Å². The molecular weight excluding hydrogens is 388 g/mol. The van der Waals surface area contributed by atoms with Crippen molar-refractivity contribution in [2.24, 2.45) is 0 Å². The fraction of sp³-hybridized carbons (Fsp3) is 0.227. The summed E-state index contributed by atoms with van der Waals surface area (Å²) in [7, 11) is 0. The number of benzene rings is 2. The number of carbonyl (C=O) groups is 2. The van der Waals surface area contributed by atoms with E-state index in [4.69, 9.17) is 9.47 Å². The maximum atomic E-state index is 12.5. The Morgan fingerprint density at radius 3 is 2.62 bits per heavy atom. The van der Waals surface area contributed by atoms with Crippen LogP contribution in [0, 0.1) is 6.92 Å². The molecule has 0 unspecified atom stereocenters. The van der Waals surface area contributed by atoms with Gasteiger partial charge in [0.25, 0.3) is 5.91 Å². The number of esters is 1. The second-order valence-corrected chi connectivity index (χ2v) is 7.34. The highest BCUT2D eigenvalue weighted by atomic mass is 32.1. The topological polar surface area (TPSA) is 77.5 Å². The number of hydrogen-bond donors (Lipinski definition) is 1. The first-order valence-corrected chi connectivity index (χ1v) is 10.1. The minimum Gasteiger partial charge on any atom is -0.486 e. The average Bonchev–Trinajstić information content (AvgIpc) is 3.16. The predicted octanol–water partition coefficient (Wildman–Crippen LogP) is 4.39. The van der Waals surface area contributed by atoms with Crippen LogP contribution in [0.5, 0.6) is 5.75 Å². The van der Waals surface area contributed by atoms with Crippen LogP contribution in [-0.2, 0) is 22.6 Å². The van der Waals surface area contributed by atoms with E-state index in [1.165, 1.54) is 11.3 Å². The number of aryl methyl sites for hydroxylation is 2. The molecule has 1 N–H and O–H groups in total. The van der Waals surface area contributed by atoms with E-state index >= 15 is 0 Å². The molecule has 0 spiro atoms. The van der Waals surface area contributed by atoms with Gasteiger partial charge >= 0.3 is 5.97 Å². The number of amides is 1. The van der Waals surface area contributed by atoms with E-state index in [0.29, 0.717) is 5.75 Å². The van der Waals surface area contributed by atoms with Crippen LogP contribution in [0.3, 0.4) is 0 Å². The van der Waals surface area contributed by atoms with Gasteiger partial charge in [0.15, 0.2) is 6.61 Å². The number of nitrogens with zero attached hydrogens (tertiary/aromatic N) is 1. The summed E-state index contributed by atoms with van der Waals surface area (Å²) in [6.07, 6.45) is 0.791. The van der Waals surface area contributed by atoms with Gasteiger partial charge in [-0.05, 0) is 37.1 Å². The number of carbonyl (C=O) groups excluding carboxylic acids is 2. The third-order valence-corrected chi connectivity index (χ3v) is 4.98. The maximum absolute atomic E-state index is 12.5. The van der Waals surface area contributed by atoms with E-state index in [0.717, 1.165) is 28.4 Å². The molecule has 1 heterocycles. The summed E-state index contributed by atoms with van der Waals surface area (Å²) in [6, 6.07) is 14.3. The molecule has 0 aliphatic heterocycles. The van der Waals surface area contributed by atoms with Gasteiger partial charge in [-0.1, -0.05) is 37.3 Å². The Hall–Kier alpha value is -3.19. The molecule has 0 saturated heterocycles. The molecule has 29 heavy (non-hydrogen) atoms. The molecule has 0 aliphatic carbocycles. The largest absolute Gasteiger partial charge is 0.486 e. The Bertz CT molecular complexity index is 1000. The molecule has 0 bridgehead atoms. The van der Waals surface area contributed by atoms with Crippen molar-refractivity contribution in [3.63, 3.8) is 0 Å². The number of nitrogens with one attached hydrogen (secondary N) is 1. The highest BCUT2D eigenvalue weighted by molar-refractivity contribution is 7.09. The molecule has 3 rings (SSSR count). The summed E-state index contributed by atoms with van der Waals surface area (Å²) in [5.41, 5.74) is 2.80. The molecule has 1 aromatic heterocycles. The second kappa shape index (κ2) is 9.84. The SMILES string of the molecule is CCc1ccccc1NC(=O)COC(=O)c1ccccc1OCc1csc(C)n1. The van der Waals surface area contributed by atoms with Gasteiger partial charge in [0.2, 0.25) is 0 Å². The molecular formula is C22H22N2O4S. The monoisotopic (exact) mass is 410 g/mol. The summed E-state index contributed by atoms with van der Waals surface area (Å²) in [5.74, 6) is -0.621. The van der Waals surface area contributed by atoms with Gasteiger partial charge in [-0.15, -0.1) is 11.3 Å². The zero-order valence-electron chi connectivity index (χ0n) is 16.3. The Morgan fingerprint density at radius 1 is 1.10 bits per heavy atom. The van der Waals surface area contributed by atoms with Gasteiger partial charge in [0.1, 0.15) is 17.9 Å². The molecule has 0 aliphatic rings. The number of thiazole rings is 1. The van der Waals surface area contributed by atoms with Crippen molar-refractivity contribution in [3.05, 3.63) is 75.7 Å². The van der Waals surface area contributed by atoms with Crippen LogP contribution in [-0.4, -0.2) is 23.5 Å². The van der Waals surface area contributed by atoms with Crippen molar-refractivity contribution < 1.29 is 19.1 Å². The van der Waals surface area contributed by atoms with Crippen molar-refractivity contribution in [3.8, 4) is 5.75 Å². The van der Waals surface area contributed by atoms with Gasteiger partial charge in [0, 0.05) is 11.1 Å². The number of ether oxygens (including phenoxy) is 2. The summed E-state index contributed by atoms with van der Waals surface area (Å²) >= 11 is 1.54. The number of hydrogen-bond acceptors (Lipinski definition) is 6. The Kier molecular flexibility index (Phi) is 6.97. The van der Waals surface area contributed by atoms with Crippen LogP contribution in [0.25, 0.3) is 0 Å². The van der Waals surface area contributed by atoms with Gasteiger partial charge in [-0.2, -0.15) is 0 Å². The lowest BCUT2D eigenvalue weighted by molar-refractivity contribution is -0.119. The normalized spacial score (nSPS) is 10.4. The zero-order valence-corrected chi connectivity index (χ0v) is 17.1. The van der Waals surface area contributed by atoms with E-state index in [1.54, 1.807) is 24.3 Å². The van der Waals surface area contributed by atoms with Crippen molar-refractivity contribution in [2.75, 3.05) is 11.9 Å². The standard InChI is InChI=1S/C22H22N2O4S/c1-3-16-8-4-6-10-19(16)24-21(25)13-28-22(26)18-9-5-7-11-20(18)27-12-17-14-29-15(2)23-17/h4-11,14H,3,12-13H2,1-2H3,(H,24,25). The van der Waals surface area contributed by atoms with E-state index in [1.807, 2.05) is 43.5 Å². The predicted molar refractivity (Wildman–Crippen MR) is 112 cm³/mol. The van der Waals surface area contributed by atoms with Crippen molar-refractivity contribution in [1.82, 2.24) is 4.98 Å². The van der Waals surface area contributed by atoms with E-state index in [9.17, 15) is 9.59 Å². The lowest BCUT2D eigenvalue weighted by atomic mass is 10.1. The fourth-order valence-corrected chi connectivity index (χ4v) is 3.33. The molecule has 2 aromatic carbocycles. The molecule has 0 radical (unpaired) electrons. The lowest BCUT2D eigenvalue weighted by Gasteiger charge is -2.12. The van der Waals surface area contributed by atoms with Crippen LogP contribution < -0.4 is 10.1 Å². The average molecular weight is 410 g/mol. The number of aromatic nitrogens is 1. The van der Waals surface area contributed by atoms with Gasteiger partial charge < -0.3 is 14.8 Å². The first-order valence-electron chi connectivity index (χ1n) is 9.24. The first-order chi connectivity index (χ1) is 14.1. The van der Waals surface area contributed by atoms with Crippen molar-refractivity contribution in [1.29, 1.82) is 0 Å². The summed E-state index contributed by atoms with van der Waals surface area (Å²) < 4.78 is 10.9. The molecule has 0 atom stereocenters. The van der Waals surface area contributed by atoms with Crippen LogP contribution in [0.1, 0.15) is 33.5 Å². The Labute approximate surface area is 173 Å². The number of anilines is 1. The molecule has 150 valence electrons. The van der Waals surface area contributed by atoms with E-state index in [-0.39, 0.29) is 18.8 Å². The number of para-hydroxylation sites is 2. The van der Waals surface area contributed by atoms with Crippen LogP contribution >= 0.6 is 11.3 Å². The van der Waals surface area contributed by atoms with Crippen LogP contribution in [0.15, 0.2) is 53.9 Å². The van der Waals surface area contributed by atoms with Gasteiger partial charge in [-0.3, -0.25) is 4.79 Å². The Balaban J connectivity index is 1.58. The smallest absolute Gasteiger partial charge is 0.342 e. The van der Waals surface area contributed by atoms with Crippen LogP contribution in [0.4, 0.5) is 5.69 Å². The van der Waals surface area contributed by atoms with Crippen LogP contribution in [0.2, 0.25) is 0 Å². The van der Waals surface area contributed by atoms with Gasteiger partial charge in [-0.25, -0.2) is 9.78 Å². The fourth-order valence-electron chi connectivity index (χ4n) is 2.73. The van der Waals surface area contributed by atoms with E-state index in [2.05, 4.69) is 10.3 Å². The van der Waals surface area contributed by atoms with Gasteiger partial charge in [0.05, 0.1) is 10.7 Å². The zero-order chi connectivity index (χ0) is 20.6. The molecule has 0 fully saturated rings. The molecule has 0 saturated carbocycles. The summed E-state index contributed by atoms with van der Waals surface area (Å²) in [4.78, 5) is 29.0. The van der Waals surface area contributed by atoms with E-state index < -0.39 is 11.9 Å². The highest BCUT2D eigenvalue weighted by Crippen LogP contribution is 2.21. The minimum absolute atomic E-state index is 0.253. The lowest BCUT2D eigenvalue weighted by Crippen LogP contribution is -2.21. The quantitative estimate of drug-likeness (QED) is 0.558. The third kappa shape index (κ3) is 5.65. The molecule has 1 amide bonds. The summed E-state index contributed by atoms with van der Waals surface area (Å²) in [6.45, 7) is 3.80. The molecule has 6 nitrogen and oxygen atoms in total. The Morgan fingerprint density at radius 2 is 1.86 bits per heavy atom. The maximum Gasteiger partial charge on any atom is 0.342 e. The first kappa shape index (κ1) is 20.5. The third-order valence-electron chi connectivity index (χ3n) is 4.16. The summed E-state index contributed by atoms with van der Waals surface area (Å²) in [5, 5.41) is 5.64. The minimum atomic E-state index is -0.617.